The van der Waals surface area contributed by atoms with Crippen LogP contribution >= 0.6 is 15.9 Å². The molecule has 1 aliphatic heterocycles. The van der Waals surface area contributed by atoms with Gasteiger partial charge in [0.25, 0.3) is 0 Å². The highest BCUT2D eigenvalue weighted by Gasteiger charge is 2.29. The Morgan fingerprint density at radius 3 is 2.38 bits per heavy atom. The van der Waals surface area contributed by atoms with Crippen LogP contribution in [0.25, 0.3) is 0 Å². The zero-order valence-corrected chi connectivity index (χ0v) is 14.3. The fraction of sp³-hybridized carbons (Fsp3) is 0.462. The molecule has 1 heterocycles. The van der Waals surface area contributed by atoms with Crippen molar-refractivity contribution in [2.24, 2.45) is 0 Å². The number of carbonyl (C=O) groups is 1. The average molecular weight is 377 g/mol. The third-order valence-electron chi connectivity index (χ3n) is 3.44. The Labute approximate surface area is 132 Å². The minimum Gasteiger partial charge on any atom is -0.496 e. The van der Waals surface area contributed by atoms with E-state index in [0.717, 1.165) is 0 Å². The summed E-state index contributed by atoms with van der Waals surface area (Å²) in [5.41, 5.74) is 0. The fourth-order valence-corrected chi connectivity index (χ4v) is 4.04. The molecule has 0 saturated carbocycles. The molecule has 1 fully saturated rings. The van der Waals surface area contributed by atoms with Crippen molar-refractivity contribution in [2.45, 2.75) is 11.8 Å². The Kier molecular flexibility index (Phi) is 4.90. The van der Waals surface area contributed by atoms with Gasteiger partial charge in [-0.1, -0.05) is 0 Å². The van der Waals surface area contributed by atoms with Gasteiger partial charge in [0.15, 0.2) is 0 Å². The molecule has 1 aliphatic rings. The van der Waals surface area contributed by atoms with E-state index in [0.29, 0.717) is 36.4 Å². The van der Waals surface area contributed by atoms with Gasteiger partial charge in [-0.3, -0.25) is 4.79 Å². The molecule has 0 aromatic heterocycles. The summed E-state index contributed by atoms with van der Waals surface area (Å²) >= 11 is 3.30. The summed E-state index contributed by atoms with van der Waals surface area (Å²) in [7, 11) is -2.08. The van der Waals surface area contributed by atoms with Gasteiger partial charge < -0.3 is 9.64 Å². The second-order valence-electron chi connectivity index (χ2n) is 4.71. The molecular weight excluding hydrogens is 360 g/mol. The molecule has 0 aliphatic carbocycles. The van der Waals surface area contributed by atoms with E-state index in [1.165, 1.54) is 24.4 Å². The number of methoxy groups -OCH3 is 1. The van der Waals surface area contributed by atoms with E-state index in [-0.39, 0.29) is 10.8 Å². The first kappa shape index (κ1) is 16.3. The predicted molar refractivity (Wildman–Crippen MR) is 81.7 cm³/mol. The summed E-state index contributed by atoms with van der Waals surface area (Å²) < 4.78 is 32.4. The van der Waals surface area contributed by atoms with Crippen LogP contribution in [0, 0.1) is 0 Å². The topological polar surface area (TPSA) is 66.9 Å². The van der Waals surface area contributed by atoms with E-state index in [9.17, 15) is 13.2 Å². The van der Waals surface area contributed by atoms with Crippen molar-refractivity contribution in [1.29, 1.82) is 0 Å². The van der Waals surface area contributed by atoms with Gasteiger partial charge in [-0.15, -0.1) is 0 Å². The maximum Gasteiger partial charge on any atom is 0.243 e. The maximum absolute atomic E-state index is 12.6. The molecule has 0 bridgehead atoms. The van der Waals surface area contributed by atoms with Gasteiger partial charge in [-0.25, -0.2) is 8.42 Å². The molecule has 0 atom stereocenters. The van der Waals surface area contributed by atoms with Crippen LogP contribution in [0.1, 0.15) is 6.92 Å². The quantitative estimate of drug-likeness (QED) is 0.797. The van der Waals surface area contributed by atoms with Crippen molar-refractivity contribution in [3.63, 3.8) is 0 Å². The van der Waals surface area contributed by atoms with Crippen molar-refractivity contribution in [1.82, 2.24) is 9.21 Å². The molecule has 0 radical (unpaired) electrons. The molecule has 8 heteroatoms. The van der Waals surface area contributed by atoms with E-state index in [4.69, 9.17) is 4.74 Å². The van der Waals surface area contributed by atoms with Crippen LogP contribution in [0.3, 0.4) is 0 Å². The van der Waals surface area contributed by atoms with Gasteiger partial charge in [-0.05, 0) is 28.1 Å². The number of hydrogen-bond donors (Lipinski definition) is 0. The van der Waals surface area contributed by atoms with Crippen LogP contribution in [0.4, 0.5) is 0 Å². The predicted octanol–water partition coefficient (Wildman–Crippen LogP) is 1.31. The molecule has 0 spiro atoms. The Bertz CT molecular complexity index is 640. The largest absolute Gasteiger partial charge is 0.496 e. The highest BCUT2D eigenvalue weighted by Crippen LogP contribution is 2.29. The number of sulfonamides is 1. The van der Waals surface area contributed by atoms with Crippen molar-refractivity contribution < 1.29 is 17.9 Å². The number of benzene rings is 1. The number of ether oxygens (including phenoxy) is 1. The lowest BCUT2D eigenvalue weighted by molar-refractivity contribution is -0.129. The summed E-state index contributed by atoms with van der Waals surface area (Å²) in [6.07, 6.45) is 0. The normalized spacial score (nSPS) is 16.8. The second kappa shape index (κ2) is 6.33. The summed E-state index contributed by atoms with van der Waals surface area (Å²) in [4.78, 5) is 13.1. The van der Waals surface area contributed by atoms with Crippen LogP contribution in [0.5, 0.6) is 5.75 Å². The second-order valence-corrected chi connectivity index (χ2v) is 7.50. The minimum absolute atomic E-state index is 0.0302. The number of piperazine rings is 1. The first-order chi connectivity index (χ1) is 9.86. The highest BCUT2D eigenvalue weighted by atomic mass is 79.9. The SMILES string of the molecule is COc1cc(S(=O)(=O)N2CCN(C(C)=O)CC2)ccc1Br. The lowest BCUT2D eigenvalue weighted by atomic mass is 10.3. The van der Waals surface area contributed by atoms with Crippen molar-refractivity contribution in [3.8, 4) is 5.75 Å². The molecule has 6 nitrogen and oxygen atoms in total. The van der Waals surface area contributed by atoms with Gasteiger partial charge in [0, 0.05) is 39.2 Å². The molecule has 116 valence electrons. The monoisotopic (exact) mass is 376 g/mol. The smallest absolute Gasteiger partial charge is 0.243 e. The fourth-order valence-electron chi connectivity index (χ4n) is 2.19. The van der Waals surface area contributed by atoms with Crippen molar-refractivity contribution in [3.05, 3.63) is 22.7 Å². The minimum atomic E-state index is -3.57. The summed E-state index contributed by atoms with van der Waals surface area (Å²) in [6.45, 7) is 2.94. The Hall–Kier alpha value is -1.12. The number of rotatable bonds is 3. The summed E-state index contributed by atoms with van der Waals surface area (Å²) in [6, 6.07) is 4.69. The zero-order chi connectivity index (χ0) is 15.6. The maximum atomic E-state index is 12.6. The summed E-state index contributed by atoms with van der Waals surface area (Å²) in [5, 5.41) is 0. The van der Waals surface area contributed by atoms with Crippen LogP contribution in [0.2, 0.25) is 0 Å². The van der Waals surface area contributed by atoms with Gasteiger partial charge >= 0.3 is 0 Å². The van der Waals surface area contributed by atoms with Crippen molar-refractivity contribution >= 4 is 31.9 Å². The Morgan fingerprint density at radius 2 is 1.86 bits per heavy atom. The molecule has 0 N–H and O–H groups in total. The van der Waals surface area contributed by atoms with E-state index in [2.05, 4.69) is 15.9 Å². The molecular formula is C13H17BrN2O4S. The van der Waals surface area contributed by atoms with Gasteiger partial charge in [0.1, 0.15) is 5.75 Å². The first-order valence-corrected chi connectivity index (χ1v) is 8.69. The number of amides is 1. The van der Waals surface area contributed by atoms with Gasteiger partial charge in [-0.2, -0.15) is 4.31 Å². The van der Waals surface area contributed by atoms with Crippen LogP contribution in [-0.4, -0.2) is 56.8 Å². The number of halogens is 1. The van der Waals surface area contributed by atoms with Gasteiger partial charge in [0.2, 0.25) is 15.9 Å². The van der Waals surface area contributed by atoms with Crippen molar-refractivity contribution in [2.75, 3.05) is 33.3 Å². The average Bonchev–Trinajstić information content (AvgIpc) is 2.47. The zero-order valence-electron chi connectivity index (χ0n) is 11.9. The molecule has 1 saturated heterocycles. The molecule has 2 rings (SSSR count). The molecule has 0 unspecified atom stereocenters. The standard InChI is InChI=1S/C13H17BrN2O4S/c1-10(17)15-5-7-16(8-6-15)21(18,19)11-3-4-12(14)13(9-11)20-2/h3-4,9H,5-8H2,1-2H3. The number of carbonyl (C=O) groups excluding carboxylic acids is 1. The number of hydrogen-bond acceptors (Lipinski definition) is 4. The molecule has 1 amide bonds. The van der Waals surface area contributed by atoms with E-state index in [1.807, 2.05) is 0 Å². The third kappa shape index (κ3) is 3.38. The summed E-state index contributed by atoms with van der Waals surface area (Å²) in [5.74, 6) is 0.441. The molecule has 1 aromatic rings. The first-order valence-electron chi connectivity index (χ1n) is 6.45. The number of nitrogens with zero attached hydrogens (tertiary/aromatic N) is 2. The molecule has 1 aromatic carbocycles. The van der Waals surface area contributed by atoms with E-state index < -0.39 is 10.0 Å². The lowest BCUT2D eigenvalue weighted by Crippen LogP contribution is -2.49. The lowest BCUT2D eigenvalue weighted by Gasteiger charge is -2.33. The van der Waals surface area contributed by atoms with Crippen LogP contribution in [0.15, 0.2) is 27.6 Å². The Balaban J connectivity index is 2.21. The molecule has 21 heavy (non-hydrogen) atoms. The van der Waals surface area contributed by atoms with Crippen LogP contribution < -0.4 is 4.74 Å². The van der Waals surface area contributed by atoms with Gasteiger partial charge in [0.05, 0.1) is 16.5 Å². The van der Waals surface area contributed by atoms with Crippen LogP contribution in [-0.2, 0) is 14.8 Å². The van der Waals surface area contributed by atoms with E-state index in [1.54, 1.807) is 17.0 Å². The highest BCUT2D eigenvalue weighted by molar-refractivity contribution is 9.10. The van der Waals surface area contributed by atoms with E-state index >= 15 is 0 Å². The third-order valence-corrected chi connectivity index (χ3v) is 5.99. The Morgan fingerprint density at radius 1 is 1.24 bits per heavy atom.